The van der Waals surface area contributed by atoms with Crippen molar-refractivity contribution >= 4 is 29.7 Å². The molecule has 0 bridgehead atoms. The Bertz CT molecular complexity index is 706. The summed E-state index contributed by atoms with van der Waals surface area (Å²) in [5, 5.41) is 23.9. The number of aromatic amines is 1. The maximum atomic E-state index is 12.0. The average molecular weight is 398 g/mol. The van der Waals surface area contributed by atoms with E-state index in [0.29, 0.717) is 5.69 Å². The third-order valence-corrected chi connectivity index (χ3v) is 3.47. The molecule has 1 aromatic heterocycles. The van der Waals surface area contributed by atoms with Gasteiger partial charge in [0, 0.05) is 24.7 Å². The molecule has 1 rings (SSSR count). The number of nitrogens with zero attached hydrogens (tertiary/aromatic N) is 1. The molecule has 2 unspecified atom stereocenters. The van der Waals surface area contributed by atoms with Crippen LogP contribution in [-0.2, 0) is 30.4 Å². The van der Waals surface area contributed by atoms with Gasteiger partial charge in [-0.25, -0.2) is 4.98 Å². The molecule has 13 nitrogen and oxygen atoms in total. The monoisotopic (exact) mass is 398 g/mol. The maximum Gasteiger partial charge on any atom is 0.322 e. The number of carbonyl (C=O) groups excluding carboxylic acids is 3. The molecule has 0 aliphatic heterocycles. The lowest BCUT2D eigenvalue weighted by Gasteiger charge is -2.18. The number of carbonyl (C=O) groups is 5. The number of rotatable bonds is 12. The van der Waals surface area contributed by atoms with Crippen LogP contribution < -0.4 is 21.7 Å². The average Bonchev–Trinajstić information content (AvgIpc) is 3.13. The highest BCUT2D eigenvalue weighted by Gasteiger charge is 2.23. The van der Waals surface area contributed by atoms with Crippen molar-refractivity contribution in [3.63, 3.8) is 0 Å². The van der Waals surface area contributed by atoms with Gasteiger partial charge in [-0.3, -0.25) is 24.0 Å². The molecular weight excluding hydrogens is 376 g/mol. The van der Waals surface area contributed by atoms with E-state index in [9.17, 15) is 24.0 Å². The second-order valence-electron chi connectivity index (χ2n) is 5.77. The minimum Gasteiger partial charge on any atom is -0.481 e. The molecule has 0 saturated carbocycles. The summed E-state index contributed by atoms with van der Waals surface area (Å²) in [6.45, 7) is -1.18. The molecule has 1 heterocycles. The topological polar surface area (TPSA) is 217 Å². The standard InChI is InChI=1S/C15H22N6O7/c16-9(3-8-4-17-7-20-8)14(27)18-5-11(22)21-10(1-2-12(23)24)15(28)19-6-13(25)26/h4,7,9-10H,1-3,5-6,16H2,(H,17,20)(H,18,27)(H,19,28)(H,21,22)(H,23,24)(H,25,26). The Balaban J connectivity index is 2.51. The molecule has 0 spiro atoms. The van der Waals surface area contributed by atoms with E-state index < -0.39 is 61.3 Å². The van der Waals surface area contributed by atoms with E-state index in [4.69, 9.17) is 15.9 Å². The Labute approximate surface area is 159 Å². The predicted octanol–water partition coefficient (Wildman–Crippen LogP) is -3.05. The zero-order chi connectivity index (χ0) is 21.1. The van der Waals surface area contributed by atoms with E-state index >= 15 is 0 Å². The van der Waals surface area contributed by atoms with Gasteiger partial charge in [0.1, 0.15) is 12.6 Å². The fraction of sp³-hybridized carbons (Fsp3) is 0.467. The number of H-pyrrole nitrogens is 1. The van der Waals surface area contributed by atoms with Gasteiger partial charge in [-0.15, -0.1) is 0 Å². The normalized spacial score (nSPS) is 12.5. The second kappa shape index (κ2) is 11.3. The number of aliphatic carboxylic acids is 2. The molecule has 154 valence electrons. The molecule has 0 fully saturated rings. The van der Waals surface area contributed by atoms with Gasteiger partial charge in [-0.2, -0.15) is 0 Å². The summed E-state index contributed by atoms with van der Waals surface area (Å²) >= 11 is 0. The Morgan fingerprint density at radius 1 is 1.07 bits per heavy atom. The molecule has 8 N–H and O–H groups in total. The second-order valence-corrected chi connectivity index (χ2v) is 5.77. The van der Waals surface area contributed by atoms with Gasteiger partial charge in [-0.1, -0.05) is 0 Å². The third-order valence-electron chi connectivity index (χ3n) is 3.47. The molecule has 0 saturated heterocycles. The Hall–Kier alpha value is -3.48. The third kappa shape index (κ3) is 8.75. The molecular formula is C15H22N6O7. The first-order valence-corrected chi connectivity index (χ1v) is 8.20. The van der Waals surface area contributed by atoms with Crippen molar-refractivity contribution in [3.05, 3.63) is 18.2 Å². The van der Waals surface area contributed by atoms with Crippen LogP contribution in [-0.4, -0.2) is 75.0 Å². The maximum absolute atomic E-state index is 12.0. The number of aromatic nitrogens is 2. The van der Waals surface area contributed by atoms with Gasteiger partial charge >= 0.3 is 11.9 Å². The molecule has 13 heteroatoms. The smallest absolute Gasteiger partial charge is 0.322 e. The minimum atomic E-state index is -1.30. The minimum absolute atomic E-state index is 0.173. The van der Waals surface area contributed by atoms with Crippen molar-refractivity contribution in [1.82, 2.24) is 25.9 Å². The van der Waals surface area contributed by atoms with Crippen molar-refractivity contribution in [1.29, 1.82) is 0 Å². The fourth-order valence-corrected chi connectivity index (χ4v) is 2.09. The van der Waals surface area contributed by atoms with Gasteiger partial charge in [0.2, 0.25) is 17.7 Å². The number of carboxylic acid groups (broad SMARTS) is 2. The van der Waals surface area contributed by atoms with Crippen molar-refractivity contribution in [2.45, 2.75) is 31.3 Å². The molecule has 0 aliphatic rings. The number of imidazole rings is 1. The van der Waals surface area contributed by atoms with Crippen LogP contribution in [0.2, 0.25) is 0 Å². The van der Waals surface area contributed by atoms with Crippen LogP contribution in [0.3, 0.4) is 0 Å². The Morgan fingerprint density at radius 2 is 1.75 bits per heavy atom. The van der Waals surface area contributed by atoms with Crippen molar-refractivity contribution in [2.24, 2.45) is 5.73 Å². The van der Waals surface area contributed by atoms with E-state index in [1.54, 1.807) is 0 Å². The van der Waals surface area contributed by atoms with Crippen molar-refractivity contribution in [3.8, 4) is 0 Å². The van der Waals surface area contributed by atoms with E-state index in [1.165, 1.54) is 12.5 Å². The van der Waals surface area contributed by atoms with Crippen LogP contribution in [0.1, 0.15) is 18.5 Å². The van der Waals surface area contributed by atoms with Crippen LogP contribution in [0.15, 0.2) is 12.5 Å². The van der Waals surface area contributed by atoms with Crippen molar-refractivity contribution < 1.29 is 34.2 Å². The SMILES string of the molecule is NC(Cc1cnc[nH]1)C(=O)NCC(=O)NC(CCC(=O)O)C(=O)NCC(=O)O. The van der Waals surface area contributed by atoms with E-state index in [0.717, 1.165) is 0 Å². The largest absolute Gasteiger partial charge is 0.481 e. The zero-order valence-corrected chi connectivity index (χ0v) is 14.8. The molecule has 0 aliphatic carbocycles. The first kappa shape index (κ1) is 22.6. The summed E-state index contributed by atoms with van der Waals surface area (Å²) in [5.74, 6) is -4.71. The van der Waals surface area contributed by atoms with Crippen LogP contribution >= 0.6 is 0 Å². The van der Waals surface area contributed by atoms with E-state index in [2.05, 4.69) is 25.9 Å². The van der Waals surface area contributed by atoms with Gasteiger partial charge < -0.3 is 36.9 Å². The van der Waals surface area contributed by atoms with Crippen LogP contribution in [0, 0.1) is 0 Å². The molecule has 3 amide bonds. The lowest BCUT2D eigenvalue weighted by atomic mass is 10.1. The fourth-order valence-electron chi connectivity index (χ4n) is 2.09. The molecule has 0 radical (unpaired) electrons. The number of nitrogens with one attached hydrogen (secondary N) is 4. The van der Waals surface area contributed by atoms with Gasteiger partial charge in [0.15, 0.2) is 0 Å². The van der Waals surface area contributed by atoms with Gasteiger partial charge in [0.05, 0.1) is 18.9 Å². The summed E-state index contributed by atoms with van der Waals surface area (Å²) in [6, 6.07) is -2.20. The molecule has 1 aromatic rings. The number of hydrogen-bond donors (Lipinski definition) is 7. The Kier molecular flexibility index (Phi) is 9.09. The van der Waals surface area contributed by atoms with Crippen LogP contribution in [0.5, 0.6) is 0 Å². The van der Waals surface area contributed by atoms with Crippen molar-refractivity contribution in [2.75, 3.05) is 13.1 Å². The number of amides is 3. The summed E-state index contributed by atoms with van der Waals surface area (Å²) < 4.78 is 0. The molecule has 0 aromatic carbocycles. The lowest BCUT2D eigenvalue weighted by Crippen LogP contribution is -2.51. The first-order valence-electron chi connectivity index (χ1n) is 8.20. The number of nitrogens with two attached hydrogens (primary N) is 1. The zero-order valence-electron chi connectivity index (χ0n) is 14.8. The molecule has 2 atom stereocenters. The first-order chi connectivity index (χ1) is 13.2. The summed E-state index contributed by atoms with van der Waals surface area (Å²) in [4.78, 5) is 63.6. The van der Waals surface area contributed by atoms with Crippen LogP contribution in [0.4, 0.5) is 0 Å². The quantitative estimate of drug-likeness (QED) is 0.190. The highest BCUT2D eigenvalue weighted by Crippen LogP contribution is 1.99. The summed E-state index contributed by atoms with van der Waals surface area (Å²) in [5.41, 5.74) is 6.35. The highest BCUT2D eigenvalue weighted by molar-refractivity contribution is 5.92. The summed E-state index contributed by atoms with van der Waals surface area (Å²) in [7, 11) is 0. The summed E-state index contributed by atoms with van der Waals surface area (Å²) in [6.07, 6.45) is 2.43. The Morgan fingerprint density at radius 3 is 2.32 bits per heavy atom. The van der Waals surface area contributed by atoms with Gasteiger partial charge in [-0.05, 0) is 6.42 Å². The number of carboxylic acids is 2. The van der Waals surface area contributed by atoms with E-state index in [1.807, 2.05) is 0 Å². The van der Waals surface area contributed by atoms with E-state index in [-0.39, 0.29) is 12.8 Å². The predicted molar refractivity (Wildman–Crippen MR) is 92.7 cm³/mol. The highest BCUT2D eigenvalue weighted by atomic mass is 16.4. The lowest BCUT2D eigenvalue weighted by molar-refractivity contribution is -0.140. The molecule has 28 heavy (non-hydrogen) atoms. The van der Waals surface area contributed by atoms with Gasteiger partial charge in [0.25, 0.3) is 0 Å². The van der Waals surface area contributed by atoms with Crippen LogP contribution in [0.25, 0.3) is 0 Å². The number of hydrogen-bond acceptors (Lipinski definition) is 7.